The average molecular weight is 381 g/mol. The van der Waals surface area contributed by atoms with Gasteiger partial charge in [-0.25, -0.2) is 0 Å². The maximum Gasteiger partial charge on any atom is 0.173 e. The van der Waals surface area contributed by atoms with E-state index in [-0.39, 0.29) is 0 Å². The van der Waals surface area contributed by atoms with Crippen LogP contribution in [0, 0.1) is 0 Å². The van der Waals surface area contributed by atoms with Crippen molar-refractivity contribution in [3.63, 3.8) is 0 Å². The summed E-state index contributed by atoms with van der Waals surface area (Å²) < 4.78 is 5.83. The Bertz CT molecular complexity index is 816. The Morgan fingerprint density at radius 3 is 2.67 bits per heavy atom. The standard InChI is InChI=1S/C21H24N4OS/c27-21(25-13-11-24(12-14-25)18-7-9-22-10-8-18)23-16-17-4-3-15-26-20-6-2-1-5-19(17)20/h1-2,5-10,16H,3-4,11-15H2,(H,23,27)/b17-16-. The molecule has 2 aliphatic heterocycles. The van der Waals surface area contributed by atoms with Crippen LogP contribution in [0.3, 0.4) is 0 Å². The number of fused-ring (bicyclic) bond motifs is 1. The van der Waals surface area contributed by atoms with Gasteiger partial charge in [0.2, 0.25) is 0 Å². The molecule has 1 N–H and O–H groups in total. The monoisotopic (exact) mass is 380 g/mol. The van der Waals surface area contributed by atoms with Crippen LogP contribution in [0.4, 0.5) is 5.69 Å². The number of aromatic nitrogens is 1. The molecule has 140 valence electrons. The van der Waals surface area contributed by atoms with Crippen LogP contribution in [0.5, 0.6) is 5.75 Å². The Balaban J connectivity index is 1.37. The lowest BCUT2D eigenvalue weighted by molar-refractivity contribution is 0.318. The third kappa shape index (κ3) is 4.22. The number of para-hydroxylation sites is 1. The molecular formula is C21H24N4OS. The number of hydrogen-bond donors (Lipinski definition) is 1. The second-order valence-electron chi connectivity index (χ2n) is 6.75. The van der Waals surface area contributed by atoms with Gasteiger partial charge < -0.3 is 19.9 Å². The molecule has 0 radical (unpaired) electrons. The van der Waals surface area contributed by atoms with Crippen molar-refractivity contribution in [3.05, 3.63) is 60.6 Å². The number of allylic oxidation sites excluding steroid dienone is 1. The van der Waals surface area contributed by atoms with Crippen molar-refractivity contribution in [2.45, 2.75) is 12.8 Å². The lowest BCUT2D eigenvalue weighted by atomic mass is 10.0. The van der Waals surface area contributed by atoms with Crippen molar-refractivity contribution in [2.75, 3.05) is 37.7 Å². The van der Waals surface area contributed by atoms with Crippen molar-refractivity contribution in [3.8, 4) is 5.75 Å². The van der Waals surface area contributed by atoms with E-state index in [1.165, 1.54) is 11.3 Å². The lowest BCUT2D eigenvalue weighted by Gasteiger charge is -2.37. The van der Waals surface area contributed by atoms with E-state index in [1.54, 1.807) is 0 Å². The molecule has 5 nitrogen and oxygen atoms in total. The fraction of sp³-hybridized carbons (Fsp3) is 0.333. The summed E-state index contributed by atoms with van der Waals surface area (Å²) in [5.41, 5.74) is 3.63. The van der Waals surface area contributed by atoms with Crippen molar-refractivity contribution < 1.29 is 4.74 Å². The number of benzene rings is 1. The van der Waals surface area contributed by atoms with Crippen LogP contribution in [-0.4, -0.2) is 47.8 Å². The Kier molecular flexibility index (Phi) is 5.53. The molecule has 0 unspecified atom stereocenters. The van der Waals surface area contributed by atoms with E-state index in [9.17, 15) is 0 Å². The molecule has 0 saturated carbocycles. The highest BCUT2D eigenvalue weighted by molar-refractivity contribution is 7.80. The first-order valence-electron chi connectivity index (χ1n) is 9.43. The summed E-state index contributed by atoms with van der Waals surface area (Å²) in [7, 11) is 0. The molecular weight excluding hydrogens is 356 g/mol. The highest BCUT2D eigenvalue weighted by atomic mass is 32.1. The normalized spacial score (nSPS) is 18.4. The van der Waals surface area contributed by atoms with Gasteiger partial charge in [0.05, 0.1) is 6.61 Å². The molecule has 1 aromatic heterocycles. The number of rotatable bonds is 2. The number of pyridine rings is 1. The average Bonchev–Trinajstić information content (AvgIpc) is 2.95. The number of anilines is 1. The van der Waals surface area contributed by atoms with E-state index in [1.807, 2.05) is 24.5 Å². The molecule has 0 aliphatic carbocycles. The van der Waals surface area contributed by atoms with Gasteiger partial charge in [0, 0.05) is 56.0 Å². The molecule has 2 aliphatic rings. The highest BCUT2D eigenvalue weighted by Gasteiger charge is 2.19. The Morgan fingerprint density at radius 1 is 1.07 bits per heavy atom. The van der Waals surface area contributed by atoms with E-state index in [0.717, 1.165) is 62.1 Å². The molecule has 0 bridgehead atoms. The predicted molar refractivity (Wildman–Crippen MR) is 113 cm³/mol. The molecule has 6 heteroatoms. The third-order valence-electron chi connectivity index (χ3n) is 5.05. The van der Waals surface area contributed by atoms with Gasteiger partial charge in [-0.05, 0) is 48.8 Å². The minimum Gasteiger partial charge on any atom is -0.493 e. The van der Waals surface area contributed by atoms with E-state index in [2.05, 4.69) is 50.6 Å². The van der Waals surface area contributed by atoms with Crippen LogP contribution < -0.4 is 15.0 Å². The zero-order valence-corrected chi connectivity index (χ0v) is 16.1. The first-order valence-corrected chi connectivity index (χ1v) is 9.84. The summed E-state index contributed by atoms with van der Waals surface area (Å²) >= 11 is 5.64. The maximum absolute atomic E-state index is 5.83. The van der Waals surface area contributed by atoms with Crippen molar-refractivity contribution in [1.82, 2.24) is 15.2 Å². The van der Waals surface area contributed by atoms with Gasteiger partial charge in [0.25, 0.3) is 0 Å². The number of nitrogens with zero attached hydrogens (tertiary/aromatic N) is 3. The number of thiocarbonyl (C=S) groups is 1. The summed E-state index contributed by atoms with van der Waals surface area (Å²) in [6, 6.07) is 12.3. The number of nitrogens with one attached hydrogen (secondary N) is 1. The Labute approximate surface area is 165 Å². The van der Waals surface area contributed by atoms with Crippen LogP contribution in [-0.2, 0) is 0 Å². The molecule has 0 amide bonds. The largest absolute Gasteiger partial charge is 0.493 e. The molecule has 3 heterocycles. The van der Waals surface area contributed by atoms with Crippen LogP contribution >= 0.6 is 12.2 Å². The minimum atomic E-state index is 0.760. The fourth-order valence-corrected chi connectivity index (χ4v) is 3.79. The smallest absolute Gasteiger partial charge is 0.173 e. The maximum atomic E-state index is 5.83. The zero-order chi connectivity index (χ0) is 18.5. The van der Waals surface area contributed by atoms with Gasteiger partial charge in [0.15, 0.2) is 5.11 Å². The zero-order valence-electron chi connectivity index (χ0n) is 15.3. The summed E-state index contributed by atoms with van der Waals surface area (Å²) in [4.78, 5) is 8.70. The third-order valence-corrected chi connectivity index (χ3v) is 5.42. The molecule has 0 atom stereocenters. The predicted octanol–water partition coefficient (Wildman–Crippen LogP) is 3.29. The first-order chi connectivity index (χ1) is 13.3. The molecule has 1 saturated heterocycles. The summed E-state index contributed by atoms with van der Waals surface area (Å²) in [6.07, 6.45) is 7.75. The number of hydrogen-bond acceptors (Lipinski definition) is 4. The van der Waals surface area contributed by atoms with Crippen LogP contribution in [0.25, 0.3) is 5.57 Å². The molecule has 2 aromatic rings. The van der Waals surface area contributed by atoms with E-state index < -0.39 is 0 Å². The van der Waals surface area contributed by atoms with Gasteiger partial charge in [0.1, 0.15) is 5.75 Å². The van der Waals surface area contributed by atoms with Gasteiger partial charge in [-0.3, -0.25) is 4.98 Å². The van der Waals surface area contributed by atoms with Gasteiger partial charge in [-0.15, -0.1) is 0 Å². The second-order valence-corrected chi connectivity index (χ2v) is 7.13. The van der Waals surface area contributed by atoms with E-state index in [0.29, 0.717) is 0 Å². The Hall–Kier alpha value is -2.60. The second kappa shape index (κ2) is 8.39. The lowest BCUT2D eigenvalue weighted by Crippen LogP contribution is -2.51. The van der Waals surface area contributed by atoms with Crippen molar-refractivity contribution >= 4 is 28.6 Å². The number of piperazine rings is 1. The topological polar surface area (TPSA) is 40.6 Å². The fourth-order valence-electron chi connectivity index (χ4n) is 3.55. The number of ether oxygens (including phenoxy) is 1. The van der Waals surface area contributed by atoms with E-state index >= 15 is 0 Å². The molecule has 1 aromatic carbocycles. The Morgan fingerprint density at radius 2 is 1.85 bits per heavy atom. The highest BCUT2D eigenvalue weighted by Crippen LogP contribution is 2.31. The summed E-state index contributed by atoms with van der Waals surface area (Å²) in [6.45, 7) is 4.50. The molecule has 0 spiro atoms. The van der Waals surface area contributed by atoms with Gasteiger partial charge >= 0.3 is 0 Å². The van der Waals surface area contributed by atoms with Crippen molar-refractivity contribution in [1.29, 1.82) is 0 Å². The summed E-state index contributed by atoms with van der Waals surface area (Å²) in [5.74, 6) is 0.958. The van der Waals surface area contributed by atoms with E-state index in [4.69, 9.17) is 17.0 Å². The van der Waals surface area contributed by atoms with Crippen molar-refractivity contribution in [2.24, 2.45) is 0 Å². The summed E-state index contributed by atoms with van der Waals surface area (Å²) in [5, 5.41) is 4.15. The van der Waals surface area contributed by atoms with Crippen LogP contribution in [0.1, 0.15) is 18.4 Å². The van der Waals surface area contributed by atoms with Crippen LogP contribution in [0.15, 0.2) is 55.0 Å². The molecule has 1 fully saturated rings. The minimum absolute atomic E-state index is 0.760. The van der Waals surface area contributed by atoms with Crippen LogP contribution in [0.2, 0.25) is 0 Å². The van der Waals surface area contributed by atoms with Gasteiger partial charge in [-0.2, -0.15) is 0 Å². The van der Waals surface area contributed by atoms with Gasteiger partial charge in [-0.1, -0.05) is 18.2 Å². The quantitative estimate of drug-likeness (QED) is 0.807. The first kappa shape index (κ1) is 17.8. The molecule has 27 heavy (non-hydrogen) atoms. The SMILES string of the molecule is S=C(N/C=C1/CCCOc2ccccc21)N1CCN(c2ccncc2)CC1. The molecule has 4 rings (SSSR count).